The summed E-state index contributed by atoms with van der Waals surface area (Å²) in [5.74, 6) is -0.878. The molecule has 1 aliphatic rings. The zero-order valence-electron chi connectivity index (χ0n) is 7.73. The van der Waals surface area contributed by atoms with E-state index < -0.39 is 28.7 Å². The SMILES string of the molecule is CC1(C)[C@H](/C=C\C(F)(F)F)[C@H]1C(=O)Cl. The van der Waals surface area contributed by atoms with Gasteiger partial charge in [-0.05, 0) is 22.9 Å². The molecule has 0 amide bonds. The third kappa shape index (κ3) is 2.29. The van der Waals surface area contributed by atoms with Crippen molar-refractivity contribution in [1.82, 2.24) is 0 Å². The third-order valence-electron chi connectivity index (χ3n) is 2.65. The lowest BCUT2D eigenvalue weighted by molar-refractivity contribution is -0.113. The van der Waals surface area contributed by atoms with Crippen LogP contribution in [0.2, 0.25) is 0 Å². The molecule has 0 radical (unpaired) electrons. The minimum Gasteiger partial charge on any atom is -0.281 e. The molecule has 14 heavy (non-hydrogen) atoms. The molecular formula is C9H10ClF3O. The second-order valence-electron chi connectivity index (χ2n) is 4.03. The Balaban J connectivity index is 2.67. The monoisotopic (exact) mass is 226 g/mol. The van der Waals surface area contributed by atoms with E-state index in [0.29, 0.717) is 0 Å². The van der Waals surface area contributed by atoms with Crippen molar-refractivity contribution in [2.75, 3.05) is 0 Å². The first-order chi connectivity index (χ1) is 6.16. The van der Waals surface area contributed by atoms with Gasteiger partial charge in [0.1, 0.15) is 0 Å². The number of alkyl halides is 3. The van der Waals surface area contributed by atoms with Gasteiger partial charge < -0.3 is 0 Å². The van der Waals surface area contributed by atoms with Crippen LogP contribution in [0.25, 0.3) is 0 Å². The van der Waals surface area contributed by atoms with Crippen molar-refractivity contribution < 1.29 is 18.0 Å². The Kier molecular flexibility index (Phi) is 2.69. The van der Waals surface area contributed by atoms with Crippen LogP contribution in [0.3, 0.4) is 0 Å². The molecule has 1 nitrogen and oxygen atoms in total. The highest BCUT2D eigenvalue weighted by Gasteiger charge is 2.59. The molecule has 0 aromatic carbocycles. The second kappa shape index (κ2) is 3.26. The molecule has 2 atom stereocenters. The van der Waals surface area contributed by atoms with E-state index in [0.717, 1.165) is 6.08 Å². The fraction of sp³-hybridized carbons (Fsp3) is 0.667. The van der Waals surface area contributed by atoms with Crippen molar-refractivity contribution in [2.45, 2.75) is 20.0 Å². The summed E-state index contributed by atoms with van der Waals surface area (Å²) in [6, 6.07) is 0. The van der Waals surface area contributed by atoms with Crippen LogP contribution in [0.15, 0.2) is 12.2 Å². The highest BCUT2D eigenvalue weighted by atomic mass is 35.5. The van der Waals surface area contributed by atoms with Gasteiger partial charge in [-0.15, -0.1) is 0 Å². The third-order valence-corrected chi connectivity index (χ3v) is 2.88. The van der Waals surface area contributed by atoms with Crippen molar-refractivity contribution in [1.29, 1.82) is 0 Å². The Morgan fingerprint density at radius 1 is 1.43 bits per heavy atom. The summed E-state index contributed by atoms with van der Waals surface area (Å²) in [6.07, 6.45) is -3.14. The number of carbonyl (C=O) groups is 1. The molecule has 0 N–H and O–H groups in total. The Labute approximate surface area is 84.9 Å². The van der Waals surface area contributed by atoms with Gasteiger partial charge in [-0.1, -0.05) is 19.9 Å². The van der Waals surface area contributed by atoms with E-state index in [4.69, 9.17) is 11.6 Å². The van der Waals surface area contributed by atoms with Crippen molar-refractivity contribution in [3.63, 3.8) is 0 Å². The molecule has 1 aliphatic carbocycles. The van der Waals surface area contributed by atoms with Crippen LogP contribution in [0.5, 0.6) is 0 Å². The van der Waals surface area contributed by atoms with E-state index in [1.54, 1.807) is 13.8 Å². The molecule has 0 heterocycles. The smallest absolute Gasteiger partial charge is 0.281 e. The fourth-order valence-corrected chi connectivity index (χ4v) is 2.10. The molecule has 1 rings (SSSR count). The lowest BCUT2D eigenvalue weighted by Crippen LogP contribution is -2.01. The first-order valence-electron chi connectivity index (χ1n) is 4.11. The normalized spacial score (nSPS) is 30.7. The molecule has 80 valence electrons. The summed E-state index contributed by atoms with van der Waals surface area (Å²) in [5, 5.41) is -0.563. The average Bonchev–Trinajstić information content (AvgIpc) is 2.47. The second-order valence-corrected chi connectivity index (χ2v) is 4.40. The van der Waals surface area contributed by atoms with Gasteiger partial charge in [0.2, 0.25) is 5.24 Å². The van der Waals surface area contributed by atoms with Gasteiger partial charge in [-0.2, -0.15) is 13.2 Å². The molecule has 0 bridgehead atoms. The minimum absolute atomic E-state index is 0.166. The largest absolute Gasteiger partial charge is 0.409 e. The van der Waals surface area contributed by atoms with Crippen molar-refractivity contribution in [2.24, 2.45) is 17.3 Å². The molecular weight excluding hydrogens is 217 g/mol. The van der Waals surface area contributed by atoms with E-state index in [2.05, 4.69) is 0 Å². The highest BCUT2D eigenvalue weighted by molar-refractivity contribution is 6.64. The summed E-state index contributed by atoms with van der Waals surface area (Å²) in [7, 11) is 0. The van der Waals surface area contributed by atoms with Crippen LogP contribution in [0.4, 0.5) is 13.2 Å². The van der Waals surface area contributed by atoms with Gasteiger partial charge >= 0.3 is 6.18 Å². The standard InChI is InChI=1S/C9H10ClF3O/c1-8(2)5(6(8)7(10)14)3-4-9(11,12)13/h3-6H,1-2H3/b4-3-/t5-,6+/m1/s1. The predicted molar refractivity (Wildman–Crippen MR) is 46.8 cm³/mol. The van der Waals surface area contributed by atoms with E-state index in [1.165, 1.54) is 0 Å². The van der Waals surface area contributed by atoms with Gasteiger partial charge in [0.15, 0.2) is 0 Å². The van der Waals surface area contributed by atoms with Crippen molar-refractivity contribution in [3.8, 4) is 0 Å². The highest BCUT2D eigenvalue weighted by Crippen LogP contribution is 2.60. The predicted octanol–water partition coefficient (Wildman–Crippen LogP) is 3.14. The van der Waals surface area contributed by atoms with Gasteiger partial charge in [0.05, 0.1) is 0 Å². The van der Waals surface area contributed by atoms with Gasteiger partial charge in [0.25, 0.3) is 0 Å². The van der Waals surface area contributed by atoms with E-state index >= 15 is 0 Å². The van der Waals surface area contributed by atoms with Gasteiger partial charge in [-0.3, -0.25) is 4.79 Å². The molecule has 0 unspecified atom stereocenters. The van der Waals surface area contributed by atoms with Crippen molar-refractivity contribution in [3.05, 3.63) is 12.2 Å². The van der Waals surface area contributed by atoms with Crippen LogP contribution < -0.4 is 0 Å². The lowest BCUT2D eigenvalue weighted by Gasteiger charge is -1.98. The summed E-state index contributed by atoms with van der Waals surface area (Å²) in [6.45, 7) is 3.45. The van der Waals surface area contributed by atoms with Crippen LogP contribution in [0, 0.1) is 17.3 Å². The van der Waals surface area contributed by atoms with E-state index in [-0.39, 0.29) is 6.08 Å². The van der Waals surface area contributed by atoms with Crippen LogP contribution >= 0.6 is 11.6 Å². The summed E-state index contributed by atoms with van der Waals surface area (Å²) >= 11 is 5.25. The number of allylic oxidation sites excluding steroid dienone is 2. The van der Waals surface area contributed by atoms with Crippen LogP contribution in [-0.2, 0) is 4.79 Å². The molecule has 0 aromatic heterocycles. The fourth-order valence-electron chi connectivity index (χ4n) is 1.68. The first-order valence-corrected chi connectivity index (χ1v) is 4.49. The maximum absolute atomic E-state index is 11.8. The quantitative estimate of drug-likeness (QED) is 0.522. The Bertz CT molecular complexity index is 280. The summed E-state index contributed by atoms with van der Waals surface area (Å²) in [4.78, 5) is 10.8. The lowest BCUT2D eigenvalue weighted by atomic mass is 10.1. The van der Waals surface area contributed by atoms with Crippen molar-refractivity contribution >= 4 is 16.8 Å². The van der Waals surface area contributed by atoms with E-state index in [1.807, 2.05) is 0 Å². The molecule has 1 saturated carbocycles. The summed E-state index contributed by atoms with van der Waals surface area (Å²) in [5.41, 5.74) is -0.444. The molecule has 1 fully saturated rings. The zero-order chi connectivity index (χ0) is 11.1. The Hall–Kier alpha value is -0.510. The Morgan fingerprint density at radius 3 is 2.21 bits per heavy atom. The van der Waals surface area contributed by atoms with Gasteiger partial charge in [0, 0.05) is 12.0 Å². The topological polar surface area (TPSA) is 17.1 Å². The Morgan fingerprint density at radius 2 is 1.93 bits per heavy atom. The number of halogens is 4. The van der Waals surface area contributed by atoms with E-state index in [9.17, 15) is 18.0 Å². The number of hydrogen-bond acceptors (Lipinski definition) is 1. The van der Waals surface area contributed by atoms with Crippen LogP contribution in [0.1, 0.15) is 13.8 Å². The van der Waals surface area contributed by atoms with Crippen LogP contribution in [-0.4, -0.2) is 11.4 Å². The molecule has 0 aromatic rings. The number of hydrogen-bond donors (Lipinski definition) is 0. The zero-order valence-corrected chi connectivity index (χ0v) is 8.49. The molecule has 5 heteroatoms. The molecule has 0 spiro atoms. The molecule has 0 saturated heterocycles. The van der Waals surface area contributed by atoms with Gasteiger partial charge in [-0.25, -0.2) is 0 Å². The first kappa shape index (κ1) is 11.6. The minimum atomic E-state index is -4.32. The number of rotatable bonds is 2. The molecule has 0 aliphatic heterocycles. The maximum Gasteiger partial charge on any atom is 0.409 e. The average molecular weight is 227 g/mol. The summed E-state index contributed by atoms with van der Waals surface area (Å²) < 4.78 is 35.5. The number of carbonyl (C=O) groups excluding carboxylic acids is 1. The maximum atomic E-state index is 11.8.